The smallest absolute Gasteiger partial charge is 0.235 e. The Morgan fingerprint density at radius 1 is 1.04 bits per heavy atom. The molecule has 3 aromatic heterocycles. The Morgan fingerprint density at radius 2 is 1.86 bits per heavy atom. The first-order chi connectivity index (χ1) is 13.8. The van der Waals surface area contributed by atoms with Crippen molar-refractivity contribution in [3.05, 3.63) is 72.1 Å². The lowest BCUT2D eigenvalue weighted by Crippen LogP contribution is -1.97. The van der Waals surface area contributed by atoms with Crippen molar-refractivity contribution < 1.29 is 4.74 Å². The molecule has 1 N–H and O–H groups in total. The van der Waals surface area contributed by atoms with Crippen molar-refractivity contribution in [3.8, 4) is 27.7 Å². The predicted octanol–water partition coefficient (Wildman–Crippen LogP) is 3.84. The summed E-state index contributed by atoms with van der Waals surface area (Å²) >= 11 is 1.48. The normalized spacial score (nSPS) is 11.2. The van der Waals surface area contributed by atoms with Crippen LogP contribution in [-0.4, -0.2) is 37.1 Å². The molecule has 0 saturated carbocycles. The zero-order valence-electron chi connectivity index (χ0n) is 15.0. The number of rotatable bonds is 5. The summed E-state index contributed by atoms with van der Waals surface area (Å²) in [7, 11) is 1.65. The molecule has 0 fully saturated rings. The number of nitrogens with zero attached hydrogens (tertiary/aromatic N) is 5. The molecule has 8 heteroatoms. The lowest BCUT2D eigenvalue weighted by Gasteiger charge is -1.99. The Bertz CT molecular complexity index is 1220. The van der Waals surface area contributed by atoms with Crippen molar-refractivity contribution in [2.24, 2.45) is 0 Å². The predicted molar refractivity (Wildman–Crippen MR) is 107 cm³/mol. The molecule has 0 aliphatic carbocycles. The van der Waals surface area contributed by atoms with E-state index in [1.165, 1.54) is 16.9 Å². The van der Waals surface area contributed by atoms with Crippen LogP contribution >= 0.6 is 11.3 Å². The van der Waals surface area contributed by atoms with E-state index < -0.39 is 0 Å². The minimum atomic E-state index is 0.686. The Morgan fingerprint density at radius 3 is 2.64 bits per heavy atom. The fraction of sp³-hybridized carbons (Fsp3) is 0.100. The molecule has 0 radical (unpaired) electrons. The fourth-order valence-electron chi connectivity index (χ4n) is 3.00. The van der Waals surface area contributed by atoms with Crippen LogP contribution in [0.15, 0.2) is 60.7 Å². The van der Waals surface area contributed by atoms with E-state index in [-0.39, 0.29) is 0 Å². The highest BCUT2D eigenvalue weighted by Gasteiger charge is 2.15. The summed E-state index contributed by atoms with van der Waals surface area (Å²) < 4.78 is 7.01. The van der Waals surface area contributed by atoms with E-state index in [9.17, 15) is 0 Å². The number of nitrogens with one attached hydrogen (secondary N) is 1. The second-order valence-electron chi connectivity index (χ2n) is 6.28. The molecular formula is C20H16N6OS. The van der Waals surface area contributed by atoms with E-state index in [4.69, 9.17) is 9.84 Å². The van der Waals surface area contributed by atoms with E-state index in [1.54, 1.807) is 11.6 Å². The molecule has 0 bridgehead atoms. The third-order valence-electron chi connectivity index (χ3n) is 4.45. The Hall–Kier alpha value is -3.52. The number of ether oxygens (including phenoxy) is 1. The number of fused-ring (bicyclic) bond motifs is 1. The second kappa shape index (κ2) is 6.90. The molecule has 0 aliphatic rings. The van der Waals surface area contributed by atoms with Gasteiger partial charge < -0.3 is 4.74 Å². The van der Waals surface area contributed by atoms with Gasteiger partial charge >= 0.3 is 0 Å². The summed E-state index contributed by atoms with van der Waals surface area (Å²) in [6.07, 6.45) is 0.686. The molecule has 0 amide bonds. The van der Waals surface area contributed by atoms with Gasteiger partial charge in [0.1, 0.15) is 5.75 Å². The third-order valence-corrected chi connectivity index (χ3v) is 5.39. The minimum Gasteiger partial charge on any atom is -0.497 e. The maximum atomic E-state index is 5.21. The fourth-order valence-corrected chi connectivity index (χ4v) is 3.82. The third kappa shape index (κ3) is 3.03. The van der Waals surface area contributed by atoms with E-state index in [1.807, 2.05) is 48.5 Å². The van der Waals surface area contributed by atoms with Crippen molar-refractivity contribution >= 4 is 16.3 Å². The molecule has 7 nitrogen and oxygen atoms in total. The molecule has 28 heavy (non-hydrogen) atoms. The highest BCUT2D eigenvalue weighted by molar-refractivity contribution is 7.19. The van der Waals surface area contributed by atoms with Crippen molar-refractivity contribution in [2.75, 3.05) is 7.11 Å². The van der Waals surface area contributed by atoms with Crippen LogP contribution in [0.5, 0.6) is 5.75 Å². The first kappa shape index (κ1) is 16.6. The van der Waals surface area contributed by atoms with Gasteiger partial charge in [-0.05, 0) is 35.9 Å². The summed E-state index contributed by atoms with van der Waals surface area (Å²) in [6, 6.07) is 20.0. The molecule has 5 aromatic rings. The van der Waals surface area contributed by atoms with Gasteiger partial charge in [0, 0.05) is 12.0 Å². The van der Waals surface area contributed by atoms with Gasteiger partial charge in [-0.15, -0.1) is 10.2 Å². The molecule has 0 unspecified atom stereocenters. The van der Waals surface area contributed by atoms with Gasteiger partial charge in [-0.3, -0.25) is 5.10 Å². The van der Waals surface area contributed by atoms with Gasteiger partial charge in [-0.2, -0.15) is 14.7 Å². The number of aromatic amines is 1. The number of hydrogen-bond donors (Lipinski definition) is 1. The number of aromatic nitrogens is 6. The average Bonchev–Trinajstić information content (AvgIpc) is 3.46. The molecule has 0 saturated heterocycles. The average molecular weight is 388 g/mol. The van der Waals surface area contributed by atoms with Crippen LogP contribution in [0.1, 0.15) is 11.4 Å². The first-order valence-electron chi connectivity index (χ1n) is 8.75. The largest absolute Gasteiger partial charge is 0.497 e. The number of benzene rings is 2. The maximum Gasteiger partial charge on any atom is 0.235 e. The quantitative estimate of drug-likeness (QED) is 0.495. The highest BCUT2D eigenvalue weighted by atomic mass is 32.1. The van der Waals surface area contributed by atoms with Gasteiger partial charge in [0.2, 0.25) is 4.96 Å². The molecule has 138 valence electrons. The van der Waals surface area contributed by atoms with Gasteiger partial charge in [0.25, 0.3) is 0 Å². The summed E-state index contributed by atoms with van der Waals surface area (Å²) in [5, 5.41) is 21.6. The lowest BCUT2D eigenvalue weighted by atomic mass is 10.1. The molecule has 0 aliphatic heterocycles. The number of hydrogen-bond acceptors (Lipinski definition) is 6. The summed E-state index contributed by atoms with van der Waals surface area (Å²) in [6.45, 7) is 0. The van der Waals surface area contributed by atoms with Crippen molar-refractivity contribution in [1.82, 2.24) is 30.0 Å². The summed E-state index contributed by atoms with van der Waals surface area (Å²) in [4.78, 5) is 0.765. The lowest BCUT2D eigenvalue weighted by molar-refractivity contribution is 0.415. The van der Waals surface area contributed by atoms with Crippen LogP contribution in [0.3, 0.4) is 0 Å². The van der Waals surface area contributed by atoms with Crippen LogP contribution < -0.4 is 4.74 Å². The second-order valence-corrected chi connectivity index (χ2v) is 7.23. The number of H-pyrrole nitrogens is 1. The van der Waals surface area contributed by atoms with Gasteiger partial charge in [-0.25, -0.2) is 0 Å². The Balaban J connectivity index is 1.44. The van der Waals surface area contributed by atoms with E-state index in [0.29, 0.717) is 6.42 Å². The number of methoxy groups -OCH3 is 1. The standard InChI is InChI=1S/C20H16N6OS/c1-27-15-9-7-14(8-10-15)16-12-17(22-21-16)19-25-26-18(23-24-20(26)28-19)11-13-5-3-2-4-6-13/h2-10,12H,11H2,1H3,(H,21,22). The van der Waals surface area contributed by atoms with Gasteiger partial charge in [-0.1, -0.05) is 41.7 Å². The zero-order chi connectivity index (χ0) is 18.9. The monoisotopic (exact) mass is 388 g/mol. The topological polar surface area (TPSA) is 81.0 Å². The van der Waals surface area contributed by atoms with Crippen LogP contribution in [-0.2, 0) is 6.42 Å². The van der Waals surface area contributed by atoms with Crippen LogP contribution in [0.4, 0.5) is 0 Å². The Kier molecular flexibility index (Phi) is 4.10. The van der Waals surface area contributed by atoms with Crippen LogP contribution in [0.25, 0.3) is 26.9 Å². The van der Waals surface area contributed by atoms with Gasteiger partial charge in [0.05, 0.1) is 18.5 Å². The minimum absolute atomic E-state index is 0.686. The zero-order valence-corrected chi connectivity index (χ0v) is 15.8. The molecule has 3 heterocycles. The van der Waals surface area contributed by atoms with Crippen LogP contribution in [0.2, 0.25) is 0 Å². The van der Waals surface area contributed by atoms with E-state index in [0.717, 1.165) is 38.5 Å². The van der Waals surface area contributed by atoms with E-state index >= 15 is 0 Å². The van der Waals surface area contributed by atoms with Crippen molar-refractivity contribution in [1.29, 1.82) is 0 Å². The maximum absolute atomic E-state index is 5.21. The highest BCUT2D eigenvalue weighted by Crippen LogP contribution is 2.28. The summed E-state index contributed by atoms with van der Waals surface area (Å²) in [5.41, 5.74) is 3.89. The molecule has 0 spiro atoms. The van der Waals surface area contributed by atoms with Crippen molar-refractivity contribution in [2.45, 2.75) is 6.42 Å². The van der Waals surface area contributed by atoms with Crippen molar-refractivity contribution in [3.63, 3.8) is 0 Å². The van der Waals surface area contributed by atoms with Crippen LogP contribution in [0, 0.1) is 0 Å². The Labute approximate surface area is 164 Å². The molecular weight excluding hydrogens is 372 g/mol. The molecule has 5 rings (SSSR count). The summed E-state index contributed by atoms with van der Waals surface area (Å²) in [5.74, 6) is 1.64. The first-order valence-corrected chi connectivity index (χ1v) is 9.57. The SMILES string of the molecule is COc1ccc(-c2cc(-c3nn4c(Cc5ccccc5)nnc4s3)[nH]n2)cc1. The molecule has 2 aromatic carbocycles. The molecule has 0 atom stereocenters. The van der Waals surface area contributed by atoms with E-state index in [2.05, 4.69) is 32.5 Å². The van der Waals surface area contributed by atoms with Gasteiger partial charge in [0.15, 0.2) is 10.8 Å².